The highest BCUT2D eigenvalue weighted by atomic mass is 19.4. The largest absolute Gasteiger partial charge is 0.416 e. The predicted molar refractivity (Wildman–Crippen MR) is 85.0 cm³/mol. The first-order chi connectivity index (χ1) is 11.9. The van der Waals surface area contributed by atoms with Crippen LogP contribution in [0.25, 0.3) is 0 Å². The number of carbonyl (C=O) groups is 1. The molecule has 0 N–H and O–H groups in total. The highest BCUT2D eigenvalue weighted by Crippen LogP contribution is 2.29. The number of nitrogens with zero attached hydrogens (tertiary/aromatic N) is 3. The van der Waals surface area contributed by atoms with E-state index < -0.39 is 11.7 Å². The Kier molecular flexibility index (Phi) is 6.12. The zero-order valence-electron chi connectivity index (χ0n) is 13.3. The normalized spacial score (nSPS) is 11.0. The van der Waals surface area contributed by atoms with E-state index in [1.807, 2.05) is 6.07 Å². The maximum atomic E-state index is 12.8. The predicted octanol–water partition coefficient (Wildman–Crippen LogP) is 3.59. The topological polar surface area (TPSA) is 57.0 Å². The third-order valence-electron chi connectivity index (χ3n) is 3.53. The van der Waals surface area contributed by atoms with Gasteiger partial charge in [0.05, 0.1) is 36.7 Å². The van der Waals surface area contributed by atoms with E-state index in [1.54, 1.807) is 24.4 Å². The van der Waals surface area contributed by atoms with Crippen molar-refractivity contribution in [2.24, 2.45) is 0 Å². The van der Waals surface area contributed by atoms with E-state index in [2.05, 4.69) is 4.98 Å². The van der Waals surface area contributed by atoms with Gasteiger partial charge in [-0.1, -0.05) is 24.3 Å². The van der Waals surface area contributed by atoms with Crippen LogP contribution >= 0.6 is 0 Å². The Morgan fingerprint density at radius 3 is 2.64 bits per heavy atom. The summed E-state index contributed by atoms with van der Waals surface area (Å²) in [4.78, 5) is 18.1. The van der Waals surface area contributed by atoms with E-state index >= 15 is 0 Å². The summed E-state index contributed by atoms with van der Waals surface area (Å²) in [6.45, 7) is 0.408. The molecular weight excluding hydrogens is 331 g/mol. The molecule has 1 amide bonds. The molecule has 0 aliphatic heterocycles. The average molecular weight is 347 g/mol. The van der Waals surface area contributed by atoms with E-state index in [-0.39, 0.29) is 37.4 Å². The number of rotatable bonds is 6. The molecule has 0 bridgehead atoms. The molecule has 2 aromatic rings. The van der Waals surface area contributed by atoms with Crippen LogP contribution < -0.4 is 0 Å². The minimum absolute atomic E-state index is 0.140. The van der Waals surface area contributed by atoms with Crippen molar-refractivity contribution in [2.45, 2.75) is 25.6 Å². The number of alkyl halides is 3. The third kappa shape index (κ3) is 5.60. The molecule has 0 saturated carbocycles. The van der Waals surface area contributed by atoms with Crippen molar-refractivity contribution >= 4 is 5.91 Å². The van der Waals surface area contributed by atoms with Crippen molar-refractivity contribution < 1.29 is 18.0 Å². The molecule has 0 saturated heterocycles. The Labute approximate surface area is 143 Å². The van der Waals surface area contributed by atoms with Crippen molar-refractivity contribution in [1.82, 2.24) is 9.88 Å². The van der Waals surface area contributed by atoms with Gasteiger partial charge < -0.3 is 4.90 Å². The number of halogens is 3. The number of aromatic nitrogens is 1. The first kappa shape index (κ1) is 18.5. The van der Waals surface area contributed by atoms with Crippen LogP contribution in [0.3, 0.4) is 0 Å². The molecule has 0 atom stereocenters. The fourth-order valence-corrected chi connectivity index (χ4v) is 2.31. The van der Waals surface area contributed by atoms with Gasteiger partial charge in [-0.05, 0) is 23.8 Å². The summed E-state index contributed by atoms with van der Waals surface area (Å²) in [5.41, 5.74) is 0.145. The minimum Gasteiger partial charge on any atom is -0.335 e. The van der Waals surface area contributed by atoms with Gasteiger partial charge in [0.2, 0.25) is 5.91 Å². The fraction of sp³-hybridized carbons (Fsp3) is 0.278. The standard InChI is InChI=1S/C18H16F3N3O/c19-18(20,21)15-6-3-5-14(11-15)12-17(25)24(10-4-8-22)13-16-7-1-2-9-23-16/h1-3,5-7,9,11H,4,10,12-13H2. The van der Waals surface area contributed by atoms with Gasteiger partial charge in [-0.2, -0.15) is 18.4 Å². The first-order valence-corrected chi connectivity index (χ1v) is 7.61. The third-order valence-corrected chi connectivity index (χ3v) is 3.53. The van der Waals surface area contributed by atoms with E-state index in [0.717, 1.165) is 12.1 Å². The number of amides is 1. The number of hydrogen-bond donors (Lipinski definition) is 0. The highest BCUT2D eigenvalue weighted by molar-refractivity contribution is 5.78. The van der Waals surface area contributed by atoms with Gasteiger partial charge in [0, 0.05) is 12.7 Å². The number of benzene rings is 1. The summed E-state index contributed by atoms with van der Waals surface area (Å²) < 4.78 is 38.3. The number of hydrogen-bond acceptors (Lipinski definition) is 3. The lowest BCUT2D eigenvalue weighted by Crippen LogP contribution is -2.33. The molecular formula is C18H16F3N3O. The summed E-state index contributed by atoms with van der Waals surface area (Å²) in [7, 11) is 0. The van der Waals surface area contributed by atoms with Gasteiger partial charge in [-0.25, -0.2) is 0 Å². The van der Waals surface area contributed by atoms with E-state index in [9.17, 15) is 18.0 Å². The Hall–Kier alpha value is -2.88. The molecule has 0 aliphatic rings. The Balaban J connectivity index is 2.12. The van der Waals surface area contributed by atoms with Crippen LogP contribution in [0.15, 0.2) is 48.7 Å². The highest BCUT2D eigenvalue weighted by Gasteiger charge is 2.30. The molecule has 0 aliphatic carbocycles. The van der Waals surface area contributed by atoms with E-state index in [4.69, 9.17) is 5.26 Å². The van der Waals surface area contributed by atoms with Crippen LogP contribution in [0.5, 0.6) is 0 Å². The number of nitriles is 1. The molecule has 0 unspecified atom stereocenters. The van der Waals surface area contributed by atoms with Crippen molar-refractivity contribution in [2.75, 3.05) is 6.54 Å². The smallest absolute Gasteiger partial charge is 0.335 e. The number of carbonyl (C=O) groups excluding carboxylic acids is 1. The van der Waals surface area contributed by atoms with Gasteiger partial charge in [-0.3, -0.25) is 9.78 Å². The molecule has 7 heteroatoms. The van der Waals surface area contributed by atoms with Crippen LogP contribution in [-0.4, -0.2) is 22.3 Å². The number of pyridine rings is 1. The monoisotopic (exact) mass is 347 g/mol. The second-order valence-electron chi connectivity index (χ2n) is 5.42. The van der Waals surface area contributed by atoms with Crippen molar-refractivity contribution in [3.8, 4) is 6.07 Å². The fourth-order valence-electron chi connectivity index (χ4n) is 2.31. The maximum absolute atomic E-state index is 12.8. The molecule has 0 spiro atoms. The Morgan fingerprint density at radius 2 is 2.00 bits per heavy atom. The summed E-state index contributed by atoms with van der Waals surface area (Å²) in [6, 6.07) is 11.9. The second kappa shape index (κ2) is 8.29. The van der Waals surface area contributed by atoms with Crippen molar-refractivity contribution in [3.05, 3.63) is 65.5 Å². The van der Waals surface area contributed by atoms with Crippen LogP contribution in [0.4, 0.5) is 13.2 Å². The van der Waals surface area contributed by atoms with E-state index in [0.29, 0.717) is 5.69 Å². The van der Waals surface area contributed by atoms with Gasteiger partial charge in [-0.15, -0.1) is 0 Å². The van der Waals surface area contributed by atoms with Crippen LogP contribution in [0, 0.1) is 11.3 Å². The average Bonchev–Trinajstić information content (AvgIpc) is 2.59. The molecule has 2 rings (SSSR count). The lowest BCUT2D eigenvalue weighted by Gasteiger charge is -2.21. The van der Waals surface area contributed by atoms with Gasteiger partial charge in [0.25, 0.3) is 0 Å². The molecule has 4 nitrogen and oxygen atoms in total. The summed E-state index contributed by atoms with van der Waals surface area (Å²) in [6.07, 6.45) is -2.88. The molecule has 1 aromatic heterocycles. The lowest BCUT2D eigenvalue weighted by molar-refractivity contribution is -0.138. The second-order valence-corrected chi connectivity index (χ2v) is 5.42. The molecule has 0 radical (unpaired) electrons. The van der Waals surface area contributed by atoms with Gasteiger partial charge >= 0.3 is 6.18 Å². The minimum atomic E-state index is -4.45. The molecule has 1 heterocycles. The summed E-state index contributed by atoms with van der Waals surface area (Å²) in [5, 5.41) is 8.75. The Morgan fingerprint density at radius 1 is 1.20 bits per heavy atom. The molecule has 130 valence electrons. The molecule has 0 fully saturated rings. The molecule has 25 heavy (non-hydrogen) atoms. The maximum Gasteiger partial charge on any atom is 0.416 e. The zero-order valence-corrected chi connectivity index (χ0v) is 13.3. The SMILES string of the molecule is N#CCCN(Cc1ccccn1)C(=O)Cc1cccc(C(F)(F)F)c1. The van der Waals surface area contributed by atoms with Gasteiger partial charge in [0.1, 0.15) is 0 Å². The quantitative estimate of drug-likeness (QED) is 0.802. The summed E-state index contributed by atoms with van der Waals surface area (Å²) >= 11 is 0. The summed E-state index contributed by atoms with van der Waals surface area (Å²) in [5.74, 6) is -0.347. The van der Waals surface area contributed by atoms with E-state index in [1.165, 1.54) is 17.0 Å². The van der Waals surface area contributed by atoms with Crippen LogP contribution in [0.2, 0.25) is 0 Å². The first-order valence-electron chi connectivity index (χ1n) is 7.61. The van der Waals surface area contributed by atoms with Crippen molar-refractivity contribution in [3.63, 3.8) is 0 Å². The lowest BCUT2D eigenvalue weighted by atomic mass is 10.1. The Bertz CT molecular complexity index is 754. The van der Waals surface area contributed by atoms with Crippen LogP contribution in [-0.2, 0) is 23.9 Å². The molecule has 1 aromatic carbocycles. The van der Waals surface area contributed by atoms with Gasteiger partial charge in [0.15, 0.2) is 0 Å². The van der Waals surface area contributed by atoms with Crippen molar-refractivity contribution in [1.29, 1.82) is 5.26 Å². The van der Waals surface area contributed by atoms with Crippen LogP contribution in [0.1, 0.15) is 23.2 Å². The zero-order chi connectivity index (χ0) is 18.3.